The number of nitrogens with two attached hydrogens (primary N) is 1. The van der Waals surface area contributed by atoms with Gasteiger partial charge in [-0.1, -0.05) is 83.0 Å². The number of benzene rings is 4. The van der Waals surface area contributed by atoms with Crippen LogP contribution in [0.5, 0.6) is 0 Å². The fourth-order valence-electron chi connectivity index (χ4n) is 4.06. The minimum absolute atomic E-state index is 0.180. The second-order valence-electron chi connectivity index (χ2n) is 8.25. The number of nitrogens with zero attached hydrogens (tertiary/aromatic N) is 1. The molecule has 0 unspecified atom stereocenters. The number of hydrogen-bond donors (Lipinski definition) is 2. The molecular formula is C28H19Cl3N2O2S. The maximum Gasteiger partial charge on any atom is 0.352 e. The summed E-state index contributed by atoms with van der Waals surface area (Å²) in [6.07, 6.45) is 0. The molecular weight excluding hydrogens is 535 g/mol. The van der Waals surface area contributed by atoms with Crippen molar-refractivity contribution in [3.05, 3.63) is 111 Å². The van der Waals surface area contributed by atoms with E-state index < -0.39 is 5.97 Å². The fourth-order valence-corrected chi connectivity index (χ4v) is 5.85. The Morgan fingerprint density at radius 3 is 2.11 bits per heavy atom. The van der Waals surface area contributed by atoms with Crippen molar-refractivity contribution in [2.75, 3.05) is 5.73 Å². The third-order valence-electron chi connectivity index (χ3n) is 5.82. The summed E-state index contributed by atoms with van der Waals surface area (Å²) in [5, 5.41) is 12.3. The second-order valence-corrected chi connectivity index (χ2v) is 10.6. The summed E-state index contributed by atoms with van der Waals surface area (Å²) in [4.78, 5) is 13.8. The molecule has 1 aromatic heterocycles. The molecule has 0 aliphatic rings. The zero-order chi connectivity index (χ0) is 25.4. The molecule has 36 heavy (non-hydrogen) atoms. The van der Waals surface area contributed by atoms with E-state index in [1.54, 1.807) is 28.8 Å². The molecule has 180 valence electrons. The molecule has 0 aliphatic carbocycles. The number of halogens is 3. The maximum atomic E-state index is 12.2. The number of anilines is 1. The van der Waals surface area contributed by atoms with Crippen molar-refractivity contribution < 1.29 is 9.90 Å². The van der Waals surface area contributed by atoms with Crippen LogP contribution in [0.25, 0.3) is 22.0 Å². The highest BCUT2D eigenvalue weighted by atomic mass is 35.5. The van der Waals surface area contributed by atoms with Crippen LogP contribution >= 0.6 is 46.6 Å². The Labute approximate surface area is 227 Å². The summed E-state index contributed by atoms with van der Waals surface area (Å²) in [6.45, 7) is 0.374. The predicted octanol–water partition coefficient (Wildman–Crippen LogP) is 8.75. The number of carboxylic acid groups (broad SMARTS) is 1. The number of hydrogen-bond acceptors (Lipinski definition) is 3. The van der Waals surface area contributed by atoms with Crippen LogP contribution < -0.4 is 5.73 Å². The van der Waals surface area contributed by atoms with Crippen LogP contribution in [-0.4, -0.2) is 15.6 Å². The summed E-state index contributed by atoms with van der Waals surface area (Å²) < 4.78 is 1.77. The third kappa shape index (κ3) is 5.06. The highest BCUT2D eigenvalue weighted by Crippen LogP contribution is 2.41. The van der Waals surface area contributed by atoms with Crippen molar-refractivity contribution >= 4 is 69.1 Å². The zero-order valence-electron chi connectivity index (χ0n) is 18.7. The molecule has 0 atom stereocenters. The Morgan fingerprint density at radius 2 is 1.47 bits per heavy atom. The van der Waals surface area contributed by atoms with E-state index in [0.29, 0.717) is 27.3 Å². The van der Waals surface area contributed by atoms with E-state index in [9.17, 15) is 9.90 Å². The molecule has 0 radical (unpaired) electrons. The van der Waals surface area contributed by atoms with Crippen LogP contribution in [0.4, 0.5) is 5.69 Å². The first-order valence-corrected chi connectivity index (χ1v) is 12.9. The molecule has 4 nitrogen and oxygen atoms in total. The molecule has 0 fully saturated rings. The second kappa shape index (κ2) is 10.1. The van der Waals surface area contributed by atoms with Crippen LogP contribution in [0.15, 0.2) is 94.7 Å². The topological polar surface area (TPSA) is 68.2 Å². The van der Waals surface area contributed by atoms with Gasteiger partial charge < -0.3 is 15.4 Å². The van der Waals surface area contributed by atoms with E-state index in [1.165, 1.54) is 11.8 Å². The molecule has 0 spiro atoms. The molecule has 0 saturated carbocycles. The first kappa shape index (κ1) is 24.6. The Bertz CT molecular complexity index is 1600. The van der Waals surface area contributed by atoms with Gasteiger partial charge in [-0.3, -0.25) is 0 Å². The van der Waals surface area contributed by atoms with Gasteiger partial charge in [0.2, 0.25) is 0 Å². The average molecular weight is 554 g/mol. The van der Waals surface area contributed by atoms with Gasteiger partial charge in [0, 0.05) is 37.5 Å². The van der Waals surface area contributed by atoms with Crippen LogP contribution in [-0.2, 0) is 6.54 Å². The summed E-state index contributed by atoms with van der Waals surface area (Å²) in [5.74, 6) is -1.01. The lowest BCUT2D eigenvalue weighted by Gasteiger charge is -2.11. The quantitative estimate of drug-likeness (QED) is 0.206. The lowest BCUT2D eigenvalue weighted by atomic mass is 10.0. The number of nitrogen functional groups attached to an aromatic ring is 1. The number of aromatic carboxylic acids is 1. The maximum absolute atomic E-state index is 12.2. The van der Waals surface area contributed by atoms with E-state index in [-0.39, 0.29) is 5.69 Å². The monoisotopic (exact) mass is 552 g/mol. The van der Waals surface area contributed by atoms with Gasteiger partial charge in [0.1, 0.15) is 5.69 Å². The number of rotatable bonds is 6. The third-order valence-corrected chi connectivity index (χ3v) is 7.83. The molecule has 0 amide bonds. The van der Waals surface area contributed by atoms with Gasteiger partial charge >= 0.3 is 5.97 Å². The van der Waals surface area contributed by atoms with Crippen molar-refractivity contribution in [1.82, 2.24) is 4.57 Å². The number of carbonyl (C=O) groups is 1. The van der Waals surface area contributed by atoms with E-state index in [4.69, 9.17) is 40.5 Å². The van der Waals surface area contributed by atoms with Crippen LogP contribution in [0.3, 0.4) is 0 Å². The fraction of sp³-hybridized carbons (Fsp3) is 0.0357. The Kier molecular flexibility index (Phi) is 6.91. The first-order valence-electron chi connectivity index (χ1n) is 10.9. The Hall–Kier alpha value is -3.09. The zero-order valence-corrected chi connectivity index (χ0v) is 21.8. The van der Waals surface area contributed by atoms with Crippen LogP contribution in [0.1, 0.15) is 16.1 Å². The Balaban J connectivity index is 1.53. The largest absolute Gasteiger partial charge is 0.477 e. The normalized spacial score (nSPS) is 11.2. The average Bonchev–Trinajstić information content (AvgIpc) is 3.20. The van der Waals surface area contributed by atoms with E-state index in [1.807, 2.05) is 60.7 Å². The number of fused-ring (bicyclic) bond motifs is 1. The van der Waals surface area contributed by atoms with Gasteiger partial charge in [-0.15, -0.1) is 0 Å². The molecule has 0 saturated heterocycles. The van der Waals surface area contributed by atoms with Gasteiger partial charge in [0.25, 0.3) is 0 Å². The SMILES string of the molecule is Nc1ccc(-c2ccc(Cn3c(C(=O)O)cc4c(Sc5ccc(Cl)cc5Cl)cc(Cl)cc43)cc2)cc1. The molecule has 0 bridgehead atoms. The van der Waals surface area contributed by atoms with E-state index >= 15 is 0 Å². The number of aromatic nitrogens is 1. The predicted molar refractivity (Wildman–Crippen MR) is 150 cm³/mol. The van der Waals surface area contributed by atoms with E-state index in [2.05, 4.69) is 0 Å². The lowest BCUT2D eigenvalue weighted by molar-refractivity contribution is 0.0686. The summed E-state index contributed by atoms with van der Waals surface area (Å²) >= 11 is 20.3. The van der Waals surface area contributed by atoms with Gasteiger partial charge in [-0.05, 0) is 65.2 Å². The van der Waals surface area contributed by atoms with Crippen molar-refractivity contribution in [1.29, 1.82) is 0 Å². The molecule has 8 heteroatoms. The number of carboxylic acids is 1. The standard InChI is InChI=1S/C28H19Cl3N2O2S/c29-19-7-10-26(23(31)11-19)36-27-13-20(30)12-24-22(27)14-25(28(34)35)33(24)15-16-1-3-17(4-2-16)18-5-8-21(32)9-6-18/h1-14H,15,32H2,(H,34,35). The smallest absolute Gasteiger partial charge is 0.352 e. The summed E-state index contributed by atoms with van der Waals surface area (Å²) in [6, 6.07) is 26.3. The molecule has 5 aromatic rings. The van der Waals surface area contributed by atoms with Gasteiger partial charge in [-0.2, -0.15) is 0 Å². The molecule has 3 N–H and O–H groups in total. The molecule has 1 heterocycles. The first-order chi connectivity index (χ1) is 17.3. The molecule has 5 rings (SSSR count). The van der Waals surface area contributed by atoms with E-state index in [0.717, 1.165) is 37.4 Å². The van der Waals surface area contributed by atoms with Crippen LogP contribution in [0, 0.1) is 0 Å². The van der Waals surface area contributed by atoms with Gasteiger partial charge in [-0.25, -0.2) is 4.79 Å². The van der Waals surface area contributed by atoms with Gasteiger partial charge in [0.15, 0.2) is 0 Å². The summed E-state index contributed by atoms with van der Waals surface area (Å²) in [7, 11) is 0. The minimum Gasteiger partial charge on any atom is -0.477 e. The highest BCUT2D eigenvalue weighted by molar-refractivity contribution is 7.99. The van der Waals surface area contributed by atoms with Gasteiger partial charge in [0.05, 0.1) is 10.5 Å². The Morgan fingerprint density at radius 1 is 0.806 bits per heavy atom. The van der Waals surface area contributed by atoms with Crippen molar-refractivity contribution in [3.63, 3.8) is 0 Å². The van der Waals surface area contributed by atoms with Crippen molar-refractivity contribution in [3.8, 4) is 11.1 Å². The van der Waals surface area contributed by atoms with Crippen molar-refractivity contribution in [2.45, 2.75) is 16.3 Å². The van der Waals surface area contributed by atoms with Crippen LogP contribution in [0.2, 0.25) is 15.1 Å². The lowest BCUT2D eigenvalue weighted by Crippen LogP contribution is -2.09. The molecule has 4 aromatic carbocycles. The molecule has 0 aliphatic heterocycles. The summed E-state index contributed by atoms with van der Waals surface area (Å²) in [5.41, 5.74) is 10.5. The minimum atomic E-state index is -1.01. The highest BCUT2D eigenvalue weighted by Gasteiger charge is 2.19. The van der Waals surface area contributed by atoms with Crippen molar-refractivity contribution in [2.24, 2.45) is 0 Å².